The molecule has 2 heterocycles. The van der Waals surface area contributed by atoms with Crippen LogP contribution in [0.25, 0.3) is 22.4 Å². The van der Waals surface area contributed by atoms with Gasteiger partial charge in [0.25, 0.3) is 0 Å². The Bertz CT molecular complexity index is 962. The van der Waals surface area contributed by atoms with Crippen molar-refractivity contribution in [3.63, 3.8) is 0 Å². The second-order valence-electron chi connectivity index (χ2n) is 7.25. The van der Waals surface area contributed by atoms with E-state index in [9.17, 15) is 9.90 Å². The van der Waals surface area contributed by atoms with Crippen molar-refractivity contribution in [2.45, 2.75) is 59.3 Å². The van der Waals surface area contributed by atoms with Gasteiger partial charge in [-0.1, -0.05) is 44.2 Å². The number of carboxylic acid groups (broad SMARTS) is 1. The third kappa shape index (κ3) is 5.54. The molecule has 3 aromatic rings. The van der Waals surface area contributed by atoms with Crippen LogP contribution in [0.2, 0.25) is 0 Å². The second-order valence-corrected chi connectivity index (χ2v) is 7.25. The van der Waals surface area contributed by atoms with Gasteiger partial charge in [0, 0.05) is 17.4 Å². The molecule has 0 amide bonds. The smallest absolute Gasteiger partial charge is 0.545 e. The van der Waals surface area contributed by atoms with E-state index in [1.54, 1.807) is 6.07 Å². The van der Waals surface area contributed by atoms with E-state index in [0.717, 1.165) is 29.7 Å². The number of furan rings is 1. The number of hydrogen-bond acceptors (Lipinski definition) is 4. The third-order valence-electron chi connectivity index (χ3n) is 4.91. The molecular weight excluding hydrogens is 377 g/mol. The van der Waals surface area contributed by atoms with E-state index in [1.807, 2.05) is 38.1 Å². The summed E-state index contributed by atoms with van der Waals surface area (Å²) in [6.45, 7) is 6.09. The Labute approximate surface area is 209 Å². The van der Waals surface area contributed by atoms with E-state index < -0.39 is 5.97 Å². The molecule has 0 aliphatic heterocycles. The standard InChI is InChI=1S/C23H27NO3.K/c1-4-5-6-7-8-9-17-10-11-21(27-17)20-14-19(23(25)26)18-13-15(2)12-16(3)22(18)24-20;/h10-14H,4-9H2,1-3H3,(H,25,26);/q;+1/p-1. The van der Waals surface area contributed by atoms with Gasteiger partial charge in [0.05, 0.1) is 11.5 Å². The Kier molecular flexibility index (Phi) is 8.90. The van der Waals surface area contributed by atoms with Gasteiger partial charge in [-0.3, -0.25) is 0 Å². The second kappa shape index (κ2) is 10.7. The molecule has 0 N–H and O–H groups in total. The number of aromatic carboxylic acids is 1. The van der Waals surface area contributed by atoms with Gasteiger partial charge in [-0.15, -0.1) is 0 Å². The first-order valence-corrected chi connectivity index (χ1v) is 9.72. The maximum atomic E-state index is 11.7. The molecule has 5 heteroatoms. The Morgan fingerprint density at radius 1 is 1.07 bits per heavy atom. The predicted octanol–water partition coefficient (Wildman–Crippen LogP) is 1.99. The molecule has 142 valence electrons. The van der Waals surface area contributed by atoms with Crippen LogP contribution >= 0.6 is 0 Å². The molecule has 0 bridgehead atoms. The number of carbonyl (C=O) groups is 1. The minimum Gasteiger partial charge on any atom is -0.545 e. The topological polar surface area (TPSA) is 66.2 Å². The van der Waals surface area contributed by atoms with Crippen molar-refractivity contribution < 1.29 is 65.7 Å². The van der Waals surface area contributed by atoms with Gasteiger partial charge < -0.3 is 14.3 Å². The van der Waals surface area contributed by atoms with Crippen LogP contribution in [-0.2, 0) is 6.42 Å². The Hall–Kier alpha value is -0.984. The van der Waals surface area contributed by atoms with E-state index in [-0.39, 0.29) is 56.9 Å². The molecule has 0 atom stereocenters. The van der Waals surface area contributed by atoms with Crippen molar-refractivity contribution in [1.82, 2.24) is 4.98 Å². The third-order valence-corrected chi connectivity index (χ3v) is 4.91. The number of aryl methyl sites for hydroxylation is 3. The normalized spacial score (nSPS) is 10.8. The summed E-state index contributed by atoms with van der Waals surface area (Å²) in [6, 6.07) is 9.23. The zero-order valence-corrected chi connectivity index (χ0v) is 20.4. The number of fused-ring (bicyclic) bond motifs is 1. The molecule has 3 rings (SSSR count). The van der Waals surface area contributed by atoms with E-state index in [4.69, 9.17) is 4.42 Å². The van der Waals surface area contributed by atoms with Crippen LogP contribution in [0.3, 0.4) is 0 Å². The summed E-state index contributed by atoms with van der Waals surface area (Å²) in [4.78, 5) is 16.4. The molecule has 0 saturated heterocycles. The zero-order valence-electron chi connectivity index (χ0n) is 17.3. The van der Waals surface area contributed by atoms with Crippen LogP contribution in [0.5, 0.6) is 0 Å². The number of benzene rings is 1. The molecule has 0 aliphatic carbocycles. The first kappa shape index (κ1) is 23.3. The summed E-state index contributed by atoms with van der Waals surface area (Å²) in [5.41, 5.74) is 3.30. The molecule has 0 fully saturated rings. The van der Waals surface area contributed by atoms with Gasteiger partial charge >= 0.3 is 51.4 Å². The van der Waals surface area contributed by atoms with Crippen molar-refractivity contribution in [2.24, 2.45) is 0 Å². The summed E-state index contributed by atoms with van der Waals surface area (Å²) in [6.07, 6.45) is 6.95. The van der Waals surface area contributed by atoms with Gasteiger partial charge in [0.15, 0.2) is 5.76 Å². The van der Waals surface area contributed by atoms with Crippen molar-refractivity contribution in [3.05, 3.63) is 52.8 Å². The maximum Gasteiger partial charge on any atom is 1.00 e. The number of pyridine rings is 1. The SMILES string of the molecule is CCCCCCCc1ccc(-c2cc(C(=O)[O-])c3cc(C)cc(C)c3n2)o1.[K+]. The summed E-state index contributed by atoms with van der Waals surface area (Å²) in [5.74, 6) is 0.318. The van der Waals surface area contributed by atoms with E-state index in [2.05, 4.69) is 11.9 Å². The largest absolute Gasteiger partial charge is 1.00 e. The van der Waals surface area contributed by atoms with Gasteiger partial charge in [-0.25, -0.2) is 4.98 Å². The van der Waals surface area contributed by atoms with Crippen LogP contribution in [0, 0.1) is 13.8 Å². The molecule has 0 spiro atoms. The molecular formula is C23H26KNO3. The van der Waals surface area contributed by atoms with E-state index in [1.165, 1.54) is 25.7 Å². The molecule has 2 aromatic heterocycles. The van der Waals surface area contributed by atoms with Gasteiger partial charge in [0.2, 0.25) is 0 Å². The minimum atomic E-state index is -1.20. The number of nitrogens with zero attached hydrogens (tertiary/aromatic N) is 1. The fourth-order valence-electron chi connectivity index (χ4n) is 3.53. The van der Waals surface area contributed by atoms with Crippen LogP contribution < -0.4 is 56.5 Å². The van der Waals surface area contributed by atoms with Gasteiger partial charge in [-0.05, 0) is 50.1 Å². The van der Waals surface area contributed by atoms with Crippen molar-refractivity contribution in [1.29, 1.82) is 0 Å². The average molecular weight is 404 g/mol. The monoisotopic (exact) mass is 403 g/mol. The zero-order chi connectivity index (χ0) is 19.4. The molecule has 0 unspecified atom stereocenters. The van der Waals surface area contributed by atoms with Crippen molar-refractivity contribution in [2.75, 3.05) is 0 Å². The molecule has 0 aliphatic rings. The molecule has 28 heavy (non-hydrogen) atoms. The summed E-state index contributed by atoms with van der Waals surface area (Å²) in [7, 11) is 0. The quantitative estimate of drug-likeness (QED) is 0.426. The first-order valence-electron chi connectivity index (χ1n) is 9.72. The Morgan fingerprint density at radius 2 is 1.82 bits per heavy atom. The fraction of sp³-hybridized carbons (Fsp3) is 0.391. The number of unbranched alkanes of at least 4 members (excludes halogenated alkanes) is 4. The average Bonchev–Trinajstić information content (AvgIpc) is 3.09. The summed E-state index contributed by atoms with van der Waals surface area (Å²) >= 11 is 0. The van der Waals surface area contributed by atoms with Gasteiger partial charge in [0.1, 0.15) is 11.5 Å². The summed E-state index contributed by atoms with van der Waals surface area (Å²) in [5, 5.41) is 12.3. The van der Waals surface area contributed by atoms with Crippen LogP contribution in [-0.4, -0.2) is 11.0 Å². The molecule has 4 nitrogen and oxygen atoms in total. The number of carbonyl (C=O) groups excluding carboxylic acids is 1. The fourth-order valence-corrected chi connectivity index (χ4v) is 3.53. The maximum absolute atomic E-state index is 11.7. The minimum absolute atomic E-state index is 0. The molecule has 0 saturated carbocycles. The molecule has 1 aromatic carbocycles. The van der Waals surface area contributed by atoms with Crippen LogP contribution in [0.1, 0.15) is 66.3 Å². The first-order chi connectivity index (χ1) is 13.0. The van der Waals surface area contributed by atoms with Crippen LogP contribution in [0.15, 0.2) is 34.7 Å². The number of rotatable bonds is 8. The van der Waals surface area contributed by atoms with Gasteiger partial charge in [-0.2, -0.15) is 0 Å². The number of aromatic nitrogens is 1. The predicted molar refractivity (Wildman–Crippen MR) is 106 cm³/mol. The van der Waals surface area contributed by atoms with Crippen molar-refractivity contribution >= 4 is 16.9 Å². The number of carboxylic acids is 1. The van der Waals surface area contributed by atoms with Crippen molar-refractivity contribution in [3.8, 4) is 11.5 Å². The number of hydrogen-bond donors (Lipinski definition) is 0. The summed E-state index contributed by atoms with van der Waals surface area (Å²) < 4.78 is 5.95. The Balaban J connectivity index is 0.00000280. The molecule has 0 radical (unpaired) electrons. The Morgan fingerprint density at radius 3 is 2.54 bits per heavy atom. The van der Waals surface area contributed by atoms with E-state index in [0.29, 0.717) is 22.4 Å². The van der Waals surface area contributed by atoms with Crippen LogP contribution in [0.4, 0.5) is 0 Å². The van der Waals surface area contributed by atoms with E-state index >= 15 is 0 Å².